The standard InChI is InChI=1S/C22H20ClNO3/c1-22(2)18(11-12-23)20(22)21(25)27-19(14-24)15-7-6-10-17(13-15)26-16-8-4-3-5-9-16/h3-13,18-20H,1-2H3/t18-,19?,20+/m1/s1. The van der Waals surface area contributed by atoms with Gasteiger partial charge in [0.1, 0.15) is 17.6 Å². The molecule has 0 bridgehead atoms. The monoisotopic (exact) mass is 381 g/mol. The van der Waals surface area contributed by atoms with E-state index in [0.717, 1.165) is 0 Å². The molecule has 138 valence electrons. The molecule has 0 heterocycles. The fraction of sp³-hybridized carbons (Fsp3) is 0.273. The Kier molecular flexibility index (Phi) is 5.53. The van der Waals surface area contributed by atoms with E-state index in [2.05, 4.69) is 6.07 Å². The summed E-state index contributed by atoms with van der Waals surface area (Å²) in [6.07, 6.45) is 0.803. The lowest BCUT2D eigenvalue weighted by atomic mass is 10.1. The van der Waals surface area contributed by atoms with Crippen LogP contribution in [0.4, 0.5) is 0 Å². The molecule has 4 nitrogen and oxygen atoms in total. The molecule has 2 aromatic rings. The number of carbonyl (C=O) groups excluding carboxylic acids is 1. The topological polar surface area (TPSA) is 59.3 Å². The van der Waals surface area contributed by atoms with E-state index in [1.54, 1.807) is 30.3 Å². The highest BCUT2D eigenvalue weighted by Crippen LogP contribution is 2.59. The summed E-state index contributed by atoms with van der Waals surface area (Å²) >= 11 is 5.65. The number of allylic oxidation sites excluding steroid dienone is 1. The van der Waals surface area contributed by atoms with Gasteiger partial charge in [-0.15, -0.1) is 0 Å². The summed E-state index contributed by atoms with van der Waals surface area (Å²) in [5.41, 5.74) is 1.77. The molecule has 1 fully saturated rings. The summed E-state index contributed by atoms with van der Waals surface area (Å²) < 4.78 is 11.3. The van der Waals surface area contributed by atoms with E-state index in [4.69, 9.17) is 21.1 Å². The van der Waals surface area contributed by atoms with Gasteiger partial charge in [0.15, 0.2) is 0 Å². The van der Waals surface area contributed by atoms with Crippen LogP contribution in [-0.4, -0.2) is 5.97 Å². The van der Waals surface area contributed by atoms with Gasteiger partial charge in [-0.05, 0) is 35.6 Å². The van der Waals surface area contributed by atoms with E-state index < -0.39 is 6.10 Å². The molecular weight excluding hydrogens is 362 g/mol. The van der Waals surface area contributed by atoms with Crippen molar-refractivity contribution in [1.29, 1.82) is 5.26 Å². The van der Waals surface area contributed by atoms with E-state index in [-0.39, 0.29) is 23.2 Å². The normalized spacial score (nSPS) is 21.3. The SMILES string of the molecule is CC1(C)[C@H](C=CCl)[C@H]1C(=O)OC(C#N)c1cccc(Oc2ccccc2)c1. The number of nitrogens with zero attached hydrogens (tertiary/aromatic N) is 1. The molecule has 0 radical (unpaired) electrons. The molecule has 1 saturated carbocycles. The first-order chi connectivity index (χ1) is 13.0. The molecule has 1 aliphatic rings. The van der Waals surface area contributed by atoms with Crippen LogP contribution in [0.1, 0.15) is 25.5 Å². The molecule has 0 aliphatic heterocycles. The van der Waals surface area contributed by atoms with Gasteiger partial charge in [-0.25, -0.2) is 0 Å². The minimum Gasteiger partial charge on any atom is -0.457 e. The molecular formula is C22H20ClNO3. The van der Waals surface area contributed by atoms with Crippen LogP contribution < -0.4 is 4.74 Å². The van der Waals surface area contributed by atoms with Crippen molar-refractivity contribution in [3.05, 3.63) is 71.8 Å². The second-order valence-electron chi connectivity index (χ2n) is 7.08. The van der Waals surface area contributed by atoms with Gasteiger partial charge in [0, 0.05) is 11.1 Å². The highest BCUT2D eigenvalue weighted by atomic mass is 35.5. The number of ether oxygens (including phenoxy) is 2. The largest absolute Gasteiger partial charge is 0.457 e. The predicted octanol–water partition coefficient (Wildman–Crippen LogP) is 5.61. The molecule has 0 N–H and O–H groups in total. The lowest BCUT2D eigenvalue weighted by Gasteiger charge is -2.13. The number of benzene rings is 2. The number of para-hydroxylation sites is 1. The van der Waals surface area contributed by atoms with E-state index in [1.165, 1.54) is 5.54 Å². The minimum atomic E-state index is -0.992. The quantitative estimate of drug-likeness (QED) is 0.610. The Labute approximate surface area is 164 Å². The Morgan fingerprint density at radius 1 is 1.19 bits per heavy atom. The van der Waals surface area contributed by atoms with Crippen LogP contribution >= 0.6 is 11.6 Å². The molecule has 1 aliphatic carbocycles. The van der Waals surface area contributed by atoms with E-state index in [0.29, 0.717) is 17.1 Å². The van der Waals surface area contributed by atoms with Crippen LogP contribution in [0.3, 0.4) is 0 Å². The highest BCUT2D eigenvalue weighted by molar-refractivity contribution is 6.25. The maximum atomic E-state index is 12.5. The van der Waals surface area contributed by atoms with Crippen LogP contribution in [0.2, 0.25) is 0 Å². The van der Waals surface area contributed by atoms with Crippen LogP contribution in [-0.2, 0) is 9.53 Å². The van der Waals surface area contributed by atoms with Gasteiger partial charge in [-0.2, -0.15) is 5.26 Å². The first-order valence-corrected chi connectivity index (χ1v) is 9.11. The number of rotatable bonds is 6. The molecule has 5 heteroatoms. The number of halogens is 1. The Morgan fingerprint density at radius 3 is 2.56 bits per heavy atom. The van der Waals surface area contributed by atoms with Crippen molar-refractivity contribution in [2.45, 2.75) is 20.0 Å². The average molecular weight is 382 g/mol. The first-order valence-electron chi connectivity index (χ1n) is 8.67. The lowest BCUT2D eigenvalue weighted by molar-refractivity contribution is -0.149. The molecule has 3 atom stereocenters. The van der Waals surface area contributed by atoms with Gasteiger partial charge in [0.05, 0.1) is 5.92 Å². The van der Waals surface area contributed by atoms with Crippen molar-refractivity contribution >= 4 is 17.6 Å². The zero-order valence-corrected chi connectivity index (χ0v) is 15.9. The maximum absolute atomic E-state index is 12.5. The Morgan fingerprint density at radius 2 is 1.89 bits per heavy atom. The summed E-state index contributed by atoms with van der Waals surface area (Å²) in [6, 6.07) is 18.4. The van der Waals surface area contributed by atoms with Crippen LogP contribution in [0.15, 0.2) is 66.2 Å². The molecule has 0 spiro atoms. The van der Waals surface area contributed by atoms with E-state index in [1.807, 2.05) is 44.2 Å². The molecule has 0 amide bonds. The predicted molar refractivity (Wildman–Crippen MR) is 103 cm³/mol. The van der Waals surface area contributed by atoms with Crippen molar-refractivity contribution in [1.82, 2.24) is 0 Å². The third-order valence-electron chi connectivity index (χ3n) is 4.94. The van der Waals surface area contributed by atoms with Gasteiger partial charge in [-0.3, -0.25) is 4.79 Å². The summed E-state index contributed by atoms with van der Waals surface area (Å²) in [6.45, 7) is 3.96. The Hall–Kier alpha value is -2.77. The highest BCUT2D eigenvalue weighted by Gasteiger charge is 2.61. The Bertz CT molecular complexity index is 886. The summed E-state index contributed by atoms with van der Waals surface area (Å²) in [7, 11) is 0. The van der Waals surface area contributed by atoms with Crippen molar-refractivity contribution in [3.63, 3.8) is 0 Å². The molecule has 3 rings (SSSR count). The summed E-state index contributed by atoms with van der Waals surface area (Å²) in [4.78, 5) is 12.5. The van der Waals surface area contributed by atoms with Crippen LogP contribution in [0, 0.1) is 28.6 Å². The van der Waals surface area contributed by atoms with Gasteiger partial charge in [0.25, 0.3) is 0 Å². The fourth-order valence-electron chi connectivity index (χ4n) is 3.29. The second-order valence-corrected chi connectivity index (χ2v) is 7.33. The van der Waals surface area contributed by atoms with Crippen LogP contribution in [0.5, 0.6) is 11.5 Å². The van der Waals surface area contributed by atoms with Gasteiger partial charge in [-0.1, -0.05) is 61.9 Å². The maximum Gasteiger partial charge on any atom is 0.311 e. The Balaban J connectivity index is 1.72. The second kappa shape index (κ2) is 7.85. The average Bonchev–Trinajstić information content (AvgIpc) is 3.21. The zero-order valence-electron chi connectivity index (χ0n) is 15.1. The third-order valence-corrected chi connectivity index (χ3v) is 5.08. The summed E-state index contributed by atoms with van der Waals surface area (Å²) in [5.74, 6) is 0.600. The molecule has 0 aromatic heterocycles. The number of hydrogen-bond donors (Lipinski definition) is 0. The fourth-order valence-corrected chi connectivity index (χ4v) is 3.45. The van der Waals surface area contributed by atoms with Gasteiger partial charge < -0.3 is 9.47 Å². The number of nitriles is 1. The molecule has 0 saturated heterocycles. The molecule has 2 aromatic carbocycles. The zero-order chi connectivity index (χ0) is 19.4. The van der Waals surface area contributed by atoms with Gasteiger partial charge in [0.2, 0.25) is 6.10 Å². The molecule has 27 heavy (non-hydrogen) atoms. The minimum absolute atomic E-state index is 0.0228. The third kappa shape index (κ3) is 4.15. The van der Waals surface area contributed by atoms with Crippen molar-refractivity contribution < 1.29 is 14.3 Å². The number of carbonyl (C=O) groups is 1. The number of hydrogen-bond acceptors (Lipinski definition) is 4. The smallest absolute Gasteiger partial charge is 0.311 e. The van der Waals surface area contributed by atoms with Crippen LogP contribution in [0.25, 0.3) is 0 Å². The van der Waals surface area contributed by atoms with Crippen molar-refractivity contribution in [2.24, 2.45) is 17.3 Å². The lowest BCUT2D eigenvalue weighted by Crippen LogP contribution is -2.14. The first kappa shape index (κ1) is 19.0. The van der Waals surface area contributed by atoms with Crippen molar-refractivity contribution in [3.8, 4) is 17.6 Å². The summed E-state index contributed by atoms with van der Waals surface area (Å²) in [5, 5.41) is 9.51. The van der Waals surface area contributed by atoms with E-state index in [9.17, 15) is 10.1 Å². The van der Waals surface area contributed by atoms with Crippen molar-refractivity contribution in [2.75, 3.05) is 0 Å². The molecule has 1 unspecified atom stereocenters. The van der Waals surface area contributed by atoms with E-state index >= 15 is 0 Å². The van der Waals surface area contributed by atoms with Gasteiger partial charge >= 0.3 is 5.97 Å². The number of esters is 1.